The van der Waals surface area contributed by atoms with Crippen LogP contribution in [0, 0.1) is 12.8 Å². The van der Waals surface area contributed by atoms with Gasteiger partial charge in [0, 0.05) is 13.1 Å². The quantitative estimate of drug-likeness (QED) is 0.852. The van der Waals surface area contributed by atoms with Crippen molar-refractivity contribution in [3.63, 3.8) is 0 Å². The highest BCUT2D eigenvalue weighted by atomic mass is 16.2. The molecule has 1 amide bonds. The number of nitrogens with zero attached hydrogens (tertiary/aromatic N) is 2. The van der Waals surface area contributed by atoms with Crippen molar-refractivity contribution in [2.75, 3.05) is 0 Å². The Morgan fingerprint density at radius 3 is 2.76 bits per heavy atom. The van der Waals surface area contributed by atoms with Crippen molar-refractivity contribution in [2.24, 2.45) is 13.0 Å². The molecule has 0 aromatic carbocycles. The number of aryl methyl sites for hydroxylation is 2. The fraction of sp³-hybridized carbons (Fsp3) is 0.692. The third-order valence-electron chi connectivity index (χ3n) is 3.66. The molecule has 0 saturated heterocycles. The number of carbonyl (C=O) groups excluding carboxylic acids is 1. The van der Waals surface area contributed by atoms with Crippen LogP contribution in [0.15, 0.2) is 6.07 Å². The Morgan fingerprint density at radius 1 is 1.47 bits per heavy atom. The standard InChI is InChI=1S/C13H21N3O/c1-9-6-4-5-7-11(9)14-13(17)12-8-10(2)15-16(12)3/h8-9,11H,4-7H2,1-3H3,(H,14,17). The number of hydrogen-bond acceptors (Lipinski definition) is 2. The van der Waals surface area contributed by atoms with Crippen LogP contribution in [0.25, 0.3) is 0 Å². The Bertz CT molecular complexity index is 411. The second kappa shape index (κ2) is 4.90. The highest BCUT2D eigenvalue weighted by Crippen LogP contribution is 2.23. The molecule has 1 heterocycles. The summed E-state index contributed by atoms with van der Waals surface area (Å²) in [5.74, 6) is 0.592. The lowest BCUT2D eigenvalue weighted by Gasteiger charge is -2.29. The molecule has 1 N–H and O–H groups in total. The van der Waals surface area contributed by atoms with Gasteiger partial charge < -0.3 is 5.32 Å². The summed E-state index contributed by atoms with van der Waals surface area (Å²) in [6, 6.07) is 2.16. The first-order valence-electron chi connectivity index (χ1n) is 6.39. The normalized spacial score (nSPS) is 24.6. The molecular weight excluding hydrogens is 214 g/mol. The van der Waals surface area contributed by atoms with E-state index in [1.165, 1.54) is 19.3 Å². The van der Waals surface area contributed by atoms with Gasteiger partial charge in [-0.2, -0.15) is 5.10 Å². The van der Waals surface area contributed by atoms with Crippen LogP contribution in [0.1, 0.15) is 48.8 Å². The summed E-state index contributed by atoms with van der Waals surface area (Å²) in [6.07, 6.45) is 4.83. The molecule has 0 spiro atoms. The van der Waals surface area contributed by atoms with E-state index in [0.29, 0.717) is 17.7 Å². The zero-order valence-corrected chi connectivity index (χ0v) is 10.9. The summed E-state index contributed by atoms with van der Waals surface area (Å²) in [7, 11) is 1.81. The van der Waals surface area contributed by atoms with Gasteiger partial charge in [-0.25, -0.2) is 0 Å². The minimum absolute atomic E-state index is 0.00634. The van der Waals surface area contributed by atoms with Crippen LogP contribution < -0.4 is 5.32 Å². The molecule has 1 fully saturated rings. The molecule has 1 aromatic heterocycles. The van der Waals surface area contributed by atoms with E-state index in [0.717, 1.165) is 12.1 Å². The molecule has 2 atom stereocenters. The van der Waals surface area contributed by atoms with Gasteiger partial charge >= 0.3 is 0 Å². The third kappa shape index (κ3) is 2.68. The van der Waals surface area contributed by atoms with Crippen molar-refractivity contribution >= 4 is 5.91 Å². The van der Waals surface area contributed by atoms with E-state index >= 15 is 0 Å². The summed E-state index contributed by atoms with van der Waals surface area (Å²) in [4.78, 5) is 12.1. The van der Waals surface area contributed by atoms with E-state index in [1.54, 1.807) is 4.68 Å². The van der Waals surface area contributed by atoms with Crippen molar-refractivity contribution in [3.05, 3.63) is 17.5 Å². The SMILES string of the molecule is Cc1cc(C(=O)NC2CCCCC2C)n(C)n1. The lowest BCUT2D eigenvalue weighted by atomic mass is 9.86. The molecule has 0 aliphatic heterocycles. The predicted octanol–water partition coefficient (Wildman–Crippen LogP) is 2.04. The maximum absolute atomic E-state index is 12.1. The average molecular weight is 235 g/mol. The van der Waals surface area contributed by atoms with Crippen LogP contribution in [-0.2, 0) is 7.05 Å². The van der Waals surface area contributed by atoms with Crippen LogP contribution in [-0.4, -0.2) is 21.7 Å². The molecule has 2 rings (SSSR count). The highest BCUT2D eigenvalue weighted by Gasteiger charge is 2.24. The molecular formula is C13H21N3O. The maximum atomic E-state index is 12.1. The molecule has 17 heavy (non-hydrogen) atoms. The molecule has 1 aliphatic carbocycles. The van der Waals surface area contributed by atoms with Crippen molar-refractivity contribution in [3.8, 4) is 0 Å². The molecule has 94 valence electrons. The molecule has 4 nitrogen and oxygen atoms in total. The van der Waals surface area contributed by atoms with E-state index in [2.05, 4.69) is 17.3 Å². The fourth-order valence-corrected chi connectivity index (χ4v) is 2.60. The van der Waals surface area contributed by atoms with Gasteiger partial charge in [-0.05, 0) is 31.7 Å². The molecule has 2 unspecified atom stereocenters. The number of carbonyl (C=O) groups is 1. The van der Waals surface area contributed by atoms with Crippen molar-refractivity contribution in [1.82, 2.24) is 15.1 Å². The van der Waals surface area contributed by atoms with E-state index in [4.69, 9.17) is 0 Å². The van der Waals surface area contributed by atoms with E-state index < -0.39 is 0 Å². The molecule has 0 radical (unpaired) electrons. The lowest BCUT2D eigenvalue weighted by molar-refractivity contribution is 0.0900. The van der Waals surface area contributed by atoms with Gasteiger partial charge in [0.05, 0.1) is 5.69 Å². The number of rotatable bonds is 2. The molecule has 1 saturated carbocycles. The first-order chi connectivity index (χ1) is 8.08. The summed E-state index contributed by atoms with van der Waals surface area (Å²) in [5, 5.41) is 7.34. The topological polar surface area (TPSA) is 46.9 Å². The average Bonchev–Trinajstić information content (AvgIpc) is 2.61. The van der Waals surface area contributed by atoms with Crippen LogP contribution in [0.5, 0.6) is 0 Å². The van der Waals surface area contributed by atoms with E-state index in [-0.39, 0.29) is 5.91 Å². The first kappa shape index (κ1) is 12.1. The van der Waals surface area contributed by atoms with Crippen molar-refractivity contribution in [2.45, 2.75) is 45.6 Å². The summed E-state index contributed by atoms with van der Waals surface area (Å²) in [5.41, 5.74) is 1.54. The number of aromatic nitrogens is 2. The predicted molar refractivity (Wildman–Crippen MR) is 66.8 cm³/mol. The summed E-state index contributed by atoms with van der Waals surface area (Å²) >= 11 is 0. The molecule has 0 bridgehead atoms. The summed E-state index contributed by atoms with van der Waals surface area (Å²) < 4.78 is 1.65. The van der Waals surface area contributed by atoms with Gasteiger partial charge in [0.15, 0.2) is 0 Å². The number of nitrogens with one attached hydrogen (secondary N) is 1. The lowest BCUT2D eigenvalue weighted by Crippen LogP contribution is -2.41. The second-order valence-corrected chi connectivity index (χ2v) is 5.14. The number of hydrogen-bond donors (Lipinski definition) is 1. The Labute approximate surface area is 102 Å². The van der Waals surface area contributed by atoms with Gasteiger partial charge in [-0.3, -0.25) is 9.48 Å². The number of amides is 1. The van der Waals surface area contributed by atoms with Crippen molar-refractivity contribution < 1.29 is 4.79 Å². The zero-order chi connectivity index (χ0) is 12.4. The fourth-order valence-electron chi connectivity index (χ4n) is 2.60. The van der Waals surface area contributed by atoms with Crippen LogP contribution in [0.4, 0.5) is 0 Å². The van der Waals surface area contributed by atoms with Crippen LogP contribution in [0.2, 0.25) is 0 Å². The Kier molecular flexibility index (Phi) is 3.50. The van der Waals surface area contributed by atoms with Gasteiger partial charge in [0.1, 0.15) is 5.69 Å². The summed E-state index contributed by atoms with van der Waals surface area (Å²) in [6.45, 7) is 4.12. The van der Waals surface area contributed by atoms with Gasteiger partial charge in [0.2, 0.25) is 0 Å². The Morgan fingerprint density at radius 2 is 2.18 bits per heavy atom. The first-order valence-corrected chi connectivity index (χ1v) is 6.39. The third-order valence-corrected chi connectivity index (χ3v) is 3.66. The highest BCUT2D eigenvalue weighted by molar-refractivity contribution is 5.92. The monoisotopic (exact) mass is 235 g/mol. The second-order valence-electron chi connectivity index (χ2n) is 5.14. The van der Waals surface area contributed by atoms with Crippen molar-refractivity contribution in [1.29, 1.82) is 0 Å². The molecule has 4 heteroatoms. The zero-order valence-electron chi connectivity index (χ0n) is 10.9. The van der Waals surface area contributed by atoms with Gasteiger partial charge in [0.25, 0.3) is 5.91 Å². The molecule has 1 aromatic rings. The van der Waals surface area contributed by atoms with Crippen LogP contribution in [0.3, 0.4) is 0 Å². The molecule has 1 aliphatic rings. The maximum Gasteiger partial charge on any atom is 0.269 e. The van der Waals surface area contributed by atoms with Gasteiger partial charge in [-0.1, -0.05) is 19.8 Å². The Hall–Kier alpha value is -1.32. The largest absolute Gasteiger partial charge is 0.348 e. The van der Waals surface area contributed by atoms with Crippen LogP contribution >= 0.6 is 0 Å². The minimum Gasteiger partial charge on any atom is -0.348 e. The van der Waals surface area contributed by atoms with E-state index in [1.807, 2.05) is 20.0 Å². The minimum atomic E-state index is 0.00634. The smallest absolute Gasteiger partial charge is 0.269 e. The van der Waals surface area contributed by atoms with Gasteiger partial charge in [-0.15, -0.1) is 0 Å². The van der Waals surface area contributed by atoms with E-state index in [9.17, 15) is 4.79 Å². The Balaban J connectivity index is 2.03.